The normalized spacial score (nSPS) is 11.4. The van der Waals surface area contributed by atoms with Crippen molar-refractivity contribution in [3.63, 3.8) is 0 Å². The van der Waals surface area contributed by atoms with E-state index in [4.69, 9.17) is 15.9 Å². The summed E-state index contributed by atoms with van der Waals surface area (Å²) in [6.45, 7) is 0. The smallest absolute Gasteiger partial charge is 0.224 e. The van der Waals surface area contributed by atoms with E-state index in [1.165, 1.54) is 6.07 Å². The molecule has 0 spiro atoms. The number of halogens is 3. The Kier molecular flexibility index (Phi) is 3.21. The van der Waals surface area contributed by atoms with Crippen molar-refractivity contribution in [3.05, 3.63) is 23.4 Å². The van der Waals surface area contributed by atoms with Crippen molar-refractivity contribution in [1.29, 1.82) is 5.26 Å². The Hall–Kier alpha value is -1.26. The van der Waals surface area contributed by atoms with E-state index in [2.05, 4.69) is 4.98 Å². The fourth-order valence-corrected chi connectivity index (χ4v) is 1.89. The minimum absolute atomic E-state index is 0.293. The van der Waals surface area contributed by atoms with Gasteiger partial charge in [-0.25, -0.2) is 22.2 Å². The largest absolute Gasteiger partial charge is 0.279 e. The summed E-state index contributed by atoms with van der Waals surface area (Å²) in [4.78, 5) is 3.22. The van der Waals surface area contributed by atoms with E-state index in [1.807, 2.05) is 0 Å². The lowest BCUT2D eigenvalue weighted by Gasteiger charge is -2.04. The third-order valence-electron chi connectivity index (χ3n) is 1.47. The molecule has 1 aromatic heterocycles. The molecule has 15 heavy (non-hydrogen) atoms. The van der Waals surface area contributed by atoms with Crippen LogP contribution in [-0.2, 0) is 9.05 Å². The predicted molar refractivity (Wildman–Crippen MR) is 46.9 cm³/mol. The summed E-state index contributed by atoms with van der Waals surface area (Å²) < 4.78 is 46.5. The van der Waals surface area contributed by atoms with Gasteiger partial charge in [-0.1, -0.05) is 0 Å². The molecule has 0 saturated carbocycles. The highest BCUT2D eigenvalue weighted by Gasteiger charge is 2.23. The molecule has 1 heterocycles. The summed E-state index contributed by atoms with van der Waals surface area (Å²) in [6, 6.07) is 3.33. The number of rotatable bonds is 2. The number of aromatic nitrogens is 1. The number of hydrogen-bond donors (Lipinski definition) is 0. The standard InChI is InChI=1S/C7H3ClF2N2O2S/c8-15(13,14)7-5(6(9)10)2-1-4(3-11)12-7/h1-2,6H. The van der Waals surface area contributed by atoms with Gasteiger partial charge in [0.15, 0.2) is 5.03 Å². The molecule has 0 N–H and O–H groups in total. The van der Waals surface area contributed by atoms with Gasteiger partial charge in [-0.05, 0) is 12.1 Å². The van der Waals surface area contributed by atoms with Gasteiger partial charge in [0.2, 0.25) is 0 Å². The van der Waals surface area contributed by atoms with Gasteiger partial charge in [0.1, 0.15) is 11.8 Å². The number of nitrogens with zero attached hydrogens (tertiary/aromatic N) is 2. The van der Waals surface area contributed by atoms with Crippen LogP contribution >= 0.6 is 10.7 Å². The van der Waals surface area contributed by atoms with Gasteiger partial charge in [-0.15, -0.1) is 0 Å². The average molecular weight is 253 g/mol. The van der Waals surface area contributed by atoms with Crippen LogP contribution in [0.15, 0.2) is 17.2 Å². The lowest BCUT2D eigenvalue weighted by Crippen LogP contribution is -2.03. The maximum atomic E-state index is 12.3. The van der Waals surface area contributed by atoms with Crippen LogP contribution in [0.1, 0.15) is 17.7 Å². The van der Waals surface area contributed by atoms with Gasteiger partial charge in [-0.3, -0.25) is 0 Å². The minimum atomic E-state index is -4.38. The molecule has 1 rings (SSSR count). The molecule has 0 aliphatic rings. The number of alkyl halides is 2. The fraction of sp³-hybridized carbons (Fsp3) is 0.143. The first-order valence-corrected chi connectivity index (χ1v) is 5.81. The molecular weight excluding hydrogens is 250 g/mol. The van der Waals surface area contributed by atoms with Crippen LogP contribution in [0.3, 0.4) is 0 Å². The Balaban J connectivity index is 3.52. The first-order chi connectivity index (χ1) is 6.86. The topological polar surface area (TPSA) is 70.8 Å². The van der Waals surface area contributed by atoms with Gasteiger partial charge in [0.25, 0.3) is 15.5 Å². The van der Waals surface area contributed by atoms with E-state index in [0.29, 0.717) is 0 Å². The van der Waals surface area contributed by atoms with Gasteiger partial charge < -0.3 is 0 Å². The minimum Gasteiger partial charge on any atom is -0.224 e. The van der Waals surface area contributed by atoms with E-state index in [-0.39, 0.29) is 5.69 Å². The maximum absolute atomic E-state index is 12.3. The third kappa shape index (κ3) is 2.61. The summed E-state index contributed by atoms with van der Waals surface area (Å²) in [6.07, 6.45) is -3.02. The first kappa shape index (κ1) is 11.8. The monoisotopic (exact) mass is 252 g/mol. The van der Waals surface area contributed by atoms with Crippen LogP contribution in [0.5, 0.6) is 0 Å². The van der Waals surface area contributed by atoms with Gasteiger partial charge in [0.05, 0.1) is 5.56 Å². The summed E-state index contributed by atoms with van der Waals surface area (Å²) >= 11 is 0. The molecule has 4 nitrogen and oxygen atoms in total. The van der Waals surface area contributed by atoms with Crippen LogP contribution in [0.25, 0.3) is 0 Å². The van der Waals surface area contributed by atoms with Gasteiger partial charge in [0, 0.05) is 10.7 Å². The molecule has 80 valence electrons. The Morgan fingerprint density at radius 2 is 2.07 bits per heavy atom. The molecule has 1 aromatic rings. The molecule has 0 atom stereocenters. The summed E-state index contributed by atoms with van der Waals surface area (Å²) in [5, 5.41) is 7.45. The molecule has 0 unspecified atom stereocenters. The summed E-state index contributed by atoms with van der Waals surface area (Å²) in [7, 11) is 0.523. The average Bonchev–Trinajstić information content (AvgIpc) is 2.15. The number of pyridine rings is 1. The maximum Gasteiger partial charge on any atom is 0.279 e. The predicted octanol–water partition coefficient (Wildman–Crippen LogP) is 1.82. The molecule has 0 aliphatic carbocycles. The van der Waals surface area contributed by atoms with Crippen LogP contribution in [-0.4, -0.2) is 13.4 Å². The first-order valence-electron chi connectivity index (χ1n) is 3.50. The molecular formula is C7H3ClF2N2O2S. The van der Waals surface area contributed by atoms with Crippen LogP contribution in [0.4, 0.5) is 8.78 Å². The zero-order chi connectivity index (χ0) is 11.6. The Morgan fingerprint density at radius 1 is 1.47 bits per heavy atom. The molecule has 0 radical (unpaired) electrons. The number of nitriles is 1. The second-order valence-corrected chi connectivity index (χ2v) is 4.92. The van der Waals surface area contributed by atoms with Gasteiger partial charge >= 0.3 is 0 Å². The van der Waals surface area contributed by atoms with Crippen molar-refractivity contribution < 1.29 is 17.2 Å². The third-order valence-corrected chi connectivity index (χ3v) is 2.70. The molecule has 0 bridgehead atoms. The molecule has 0 fully saturated rings. The number of hydrogen-bond acceptors (Lipinski definition) is 4. The Morgan fingerprint density at radius 3 is 2.47 bits per heavy atom. The summed E-state index contributed by atoms with van der Waals surface area (Å²) in [5.74, 6) is 0. The quantitative estimate of drug-likeness (QED) is 0.753. The second-order valence-electron chi connectivity index (χ2n) is 2.44. The lowest BCUT2D eigenvalue weighted by molar-refractivity contribution is 0.147. The van der Waals surface area contributed by atoms with Crippen molar-refractivity contribution in [1.82, 2.24) is 4.98 Å². The Bertz CT molecular complexity index is 524. The van der Waals surface area contributed by atoms with Crippen molar-refractivity contribution in [3.8, 4) is 6.07 Å². The molecule has 0 saturated heterocycles. The van der Waals surface area contributed by atoms with Crippen molar-refractivity contribution in [2.24, 2.45) is 0 Å². The molecule has 0 aliphatic heterocycles. The fourth-order valence-electron chi connectivity index (χ4n) is 0.875. The van der Waals surface area contributed by atoms with Crippen molar-refractivity contribution in [2.45, 2.75) is 11.5 Å². The van der Waals surface area contributed by atoms with E-state index < -0.39 is 26.1 Å². The van der Waals surface area contributed by atoms with Crippen molar-refractivity contribution >= 4 is 19.7 Å². The summed E-state index contributed by atoms with van der Waals surface area (Å²) in [5.41, 5.74) is -1.11. The lowest BCUT2D eigenvalue weighted by atomic mass is 10.2. The van der Waals surface area contributed by atoms with E-state index >= 15 is 0 Å². The zero-order valence-electron chi connectivity index (χ0n) is 6.99. The highest BCUT2D eigenvalue weighted by Crippen LogP contribution is 2.27. The SMILES string of the molecule is N#Cc1ccc(C(F)F)c(S(=O)(=O)Cl)n1. The van der Waals surface area contributed by atoms with Crippen LogP contribution in [0.2, 0.25) is 0 Å². The Labute approximate surface area is 88.5 Å². The van der Waals surface area contributed by atoms with E-state index in [9.17, 15) is 17.2 Å². The van der Waals surface area contributed by atoms with Crippen LogP contribution in [0, 0.1) is 11.3 Å². The zero-order valence-corrected chi connectivity index (χ0v) is 8.56. The molecule has 0 amide bonds. The van der Waals surface area contributed by atoms with E-state index in [0.717, 1.165) is 12.1 Å². The van der Waals surface area contributed by atoms with Crippen LogP contribution < -0.4 is 0 Å². The molecule has 0 aromatic carbocycles. The van der Waals surface area contributed by atoms with Crippen molar-refractivity contribution in [2.75, 3.05) is 0 Å². The highest BCUT2D eigenvalue weighted by atomic mass is 35.7. The van der Waals surface area contributed by atoms with E-state index in [1.54, 1.807) is 0 Å². The second kappa shape index (κ2) is 4.08. The highest BCUT2D eigenvalue weighted by molar-refractivity contribution is 8.13. The van der Waals surface area contributed by atoms with Gasteiger partial charge in [-0.2, -0.15) is 5.26 Å². The molecule has 8 heteroatoms.